The van der Waals surface area contributed by atoms with Gasteiger partial charge in [0.2, 0.25) is 0 Å². The second kappa shape index (κ2) is 17.4. The fourth-order valence-corrected chi connectivity index (χ4v) is 6.35. The topological polar surface area (TPSA) is 188 Å². The van der Waals surface area contributed by atoms with Crippen LogP contribution in [0.1, 0.15) is 30.0 Å². The number of methoxy groups -OCH3 is 2. The quantitative estimate of drug-likeness (QED) is 0.0718. The summed E-state index contributed by atoms with van der Waals surface area (Å²) in [6, 6.07) is 28.1. The van der Waals surface area contributed by atoms with Gasteiger partial charge in [-0.25, -0.2) is 0 Å². The lowest BCUT2D eigenvalue weighted by atomic mass is 10.1. The number of phenolic OH excluding ortho intramolecular Hbond substituents is 1. The number of aromatic hydroxyl groups is 1. The maximum atomic E-state index is 12.0. The molecule has 0 heterocycles. The average Bonchev–Trinajstić information content (AvgIpc) is 3.20. The van der Waals surface area contributed by atoms with Crippen LogP contribution in [0.15, 0.2) is 133 Å². The maximum Gasteiger partial charge on any atom is 0.296 e. The molecule has 0 amide bonds. The average molecular weight is 788 g/mol. The summed E-state index contributed by atoms with van der Waals surface area (Å²) >= 11 is 0. The number of rotatable bonds is 14. The summed E-state index contributed by atoms with van der Waals surface area (Å²) < 4.78 is 50.1. The van der Waals surface area contributed by atoms with Gasteiger partial charge in [-0.15, -0.1) is 15.3 Å². The second-order valence-electron chi connectivity index (χ2n) is 13.0. The number of phenols is 1. The van der Waals surface area contributed by atoms with E-state index in [2.05, 4.69) is 36.0 Å². The number of benzene rings is 6. The first-order valence-electron chi connectivity index (χ1n) is 17.8. The molecule has 0 atom stereocenters. The van der Waals surface area contributed by atoms with Crippen LogP contribution in [-0.4, -0.2) is 38.9 Å². The van der Waals surface area contributed by atoms with Crippen molar-refractivity contribution in [3.63, 3.8) is 0 Å². The predicted molar refractivity (Wildman–Crippen MR) is 220 cm³/mol. The molecule has 6 aromatic rings. The highest BCUT2D eigenvalue weighted by atomic mass is 32.2. The van der Waals surface area contributed by atoms with Gasteiger partial charge >= 0.3 is 0 Å². The summed E-state index contributed by atoms with van der Waals surface area (Å²) in [6.45, 7) is 7.96. The number of ether oxygens (including phenoxy) is 3. The second-order valence-corrected chi connectivity index (χ2v) is 14.4. The van der Waals surface area contributed by atoms with Crippen LogP contribution in [0.25, 0.3) is 10.8 Å². The van der Waals surface area contributed by atoms with Crippen LogP contribution in [0.5, 0.6) is 23.0 Å². The lowest BCUT2D eigenvalue weighted by Gasteiger charge is -2.11. The summed E-state index contributed by atoms with van der Waals surface area (Å²) in [5.74, 6) is 1.41. The van der Waals surface area contributed by atoms with E-state index in [0.29, 0.717) is 51.7 Å². The molecule has 0 aromatic heterocycles. The van der Waals surface area contributed by atoms with Crippen molar-refractivity contribution in [1.82, 2.24) is 0 Å². The van der Waals surface area contributed by atoms with E-state index >= 15 is 0 Å². The van der Waals surface area contributed by atoms with Crippen LogP contribution in [0.3, 0.4) is 0 Å². The molecule has 14 nitrogen and oxygen atoms in total. The van der Waals surface area contributed by atoms with Crippen molar-refractivity contribution in [2.45, 2.75) is 39.0 Å². The normalized spacial score (nSPS) is 11.9. The third kappa shape index (κ3) is 9.58. The molecule has 6 rings (SSSR count). The summed E-state index contributed by atoms with van der Waals surface area (Å²) in [4.78, 5) is -0.442. The van der Waals surface area contributed by atoms with Gasteiger partial charge in [-0.2, -0.15) is 23.8 Å². The number of fused-ring (bicyclic) bond motifs is 1. The smallest absolute Gasteiger partial charge is 0.296 e. The van der Waals surface area contributed by atoms with Crippen molar-refractivity contribution >= 4 is 66.4 Å². The Balaban J connectivity index is 1.21. The predicted octanol–water partition coefficient (Wildman–Crippen LogP) is 12.5. The molecule has 0 aliphatic heterocycles. The Morgan fingerprint density at radius 1 is 0.596 bits per heavy atom. The van der Waals surface area contributed by atoms with Crippen LogP contribution >= 0.6 is 0 Å². The van der Waals surface area contributed by atoms with Gasteiger partial charge in [0.15, 0.2) is 5.75 Å². The highest BCUT2D eigenvalue weighted by molar-refractivity contribution is 7.86. The third-order valence-electron chi connectivity index (χ3n) is 8.84. The largest absolute Gasteiger partial charge is 0.505 e. The maximum absolute atomic E-state index is 12.0. The van der Waals surface area contributed by atoms with Crippen molar-refractivity contribution in [1.29, 1.82) is 0 Å². The molecular weight excluding hydrogens is 747 g/mol. The van der Waals surface area contributed by atoms with E-state index in [1.807, 2.05) is 88.4 Å². The van der Waals surface area contributed by atoms with Gasteiger partial charge < -0.3 is 24.6 Å². The van der Waals surface area contributed by atoms with Crippen molar-refractivity contribution in [2.24, 2.45) is 30.7 Å². The molecule has 15 heteroatoms. The zero-order chi connectivity index (χ0) is 40.7. The zero-order valence-corrected chi connectivity index (χ0v) is 33.0. The van der Waals surface area contributed by atoms with E-state index in [1.165, 1.54) is 25.3 Å². The number of hydrogen-bond donors (Lipinski definition) is 3. The molecule has 0 fully saturated rings. The molecule has 0 spiro atoms. The molecule has 0 unspecified atom stereocenters. The van der Waals surface area contributed by atoms with Gasteiger partial charge in [0.05, 0.1) is 37.9 Å². The lowest BCUT2D eigenvalue weighted by molar-refractivity contribution is 0.318. The van der Waals surface area contributed by atoms with Gasteiger partial charge in [0.25, 0.3) is 10.1 Å². The Morgan fingerprint density at radius 2 is 1.12 bits per heavy atom. The first-order chi connectivity index (χ1) is 27.4. The van der Waals surface area contributed by atoms with E-state index < -0.39 is 15.0 Å². The van der Waals surface area contributed by atoms with E-state index in [0.717, 1.165) is 40.1 Å². The number of azo groups is 3. The van der Waals surface area contributed by atoms with Crippen molar-refractivity contribution in [3.05, 3.63) is 114 Å². The van der Waals surface area contributed by atoms with Gasteiger partial charge in [-0.1, -0.05) is 13.0 Å². The highest BCUT2D eigenvalue weighted by Gasteiger charge is 2.18. The molecule has 0 radical (unpaired) electrons. The van der Waals surface area contributed by atoms with Crippen LogP contribution < -0.4 is 19.5 Å². The number of aryl methyl sites for hydroxylation is 3. The van der Waals surface area contributed by atoms with Gasteiger partial charge in [0.1, 0.15) is 39.2 Å². The monoisotopic (exact) mass is 787 g/mol. The molecule has 57 heavy (non-hydrogen) atoms. The Kier molecular flexibility index (Phi) is 12.2. The summed E-state index contributed by atoms with van der Waals surface area (Å²) in [7, 11) is -1.60. The van der Waals surface area contributed by atoms with Crippen molar-refractivity contribution < 1.29 is 32.3 Å². The molecule has 0 aliphatic rings. The lowest BCUT2D eigenvalue weighted by Crippen LogP contribution is -1.99. The summed E-state index contributed by atoms with van der Waals surface area (Å²) in [5.41, 5.74) is 6.45. The Bertz CT molecular complexity index is 2650. The minimum atomic E-state index is -4.61. The molecule has 0 aliphatic carbocycles. The summed E-state index contributed by atoms with van der Waals surface area (Å²) in [5, 5.41) is 42.2. The molecule has 6 aromatic carbocycles. The SMILES string of the molecule is CCCOc1cc(N=Nc2cc(C)c(N=Nc3ccc4cc(Nc5ccc(OC)cc5)ccc4c3O)cc2C)c(C)cc1N=Nc1ccc(OC)cc1S(=O)(=O)O. The van der Waals surface area contributed by atoms with Gasteiger partial charge in [-0.05, 0) is 128 Å². The Morgan fingerprint density at radius 3 is 1.74 bits per heavy atom. The molecular formula is C42H41N7O7S. The van der Waals surface area contributed by atoms with Gasteiger partial charge in [-0.3, -0.25) is 4.55 Å². The van der Waals surface area contributed by atoms with E-state index in [4.69, 9.17) is 14.2 Å². The molecule has 0 saturated heterocycles. The molecule has 0 saturated carbocycles. The highest BCUT2D eigenvalue weighted by Crippen LogP contribution is 2.40. The minimum Gasteiger partial charge on any atom is -0.505 e. The fourth-order valence-electron chi connectivity index (χ4n) is 5.71. The first kappa shape index (κ1) is 40.0. The van der Waals surface area contributed by atoms with E-state index in [-0.39, 0.29) is 17.2 Å². The van der Waals surface area contributed by atoms with Crippen LogP contribution in [-0.2, 0) is 10.1 Å². The standard InChI is InChI=1S/C42H41N7O7S/c1-7-18-56-40-24-38(27(4)21-39(40)49-44-34-17-14-32(55-6)23-41(34)57(51,52)53)48-47-37-20-25(2)36(19-26(37)3)46-45-35-16-8-28-22-30(11-15-33(28)42(35)50)43-29-9-12-31(54-5)13-10-29/h8-17,19-24,43,50H,7,18H2,1-6H3,(H,51,52,53). The Hall–Kier alpha value is -6.71. The zero-order valence-electron chi connectivity index (χ0n) is 32.2. The first-order valence-corrected chi connectivity index (χ1v) is 19.3. The fraction of sp³-hybridized carbons (Fsp3) is 0.190. The Labute approximate surface area is 330 Å². The third-order valence-corrected chi connectivity index (χ3v) is 9.73. The van der Waals surface area contributed by atoms with E-state index in [1.54, 1.807) is 25.3 Å². The number of hydrogen-bond acceptors (Lipinski definition) is 13. The van der Waals surface area contributed by atoms with Crippen LogP contribution in [0.2, 0.25) is 0 Å². The van der Waals surface area contributed by atoms with Crippen LogP contribution in [0.4, 0.5) is 45.5 Å². The molecule has 3 N–H and O–H groups in total. The van der Waals surface area contributed by atoms with Crippen molar-refractivity contribution in [2.75, 3.05) is 26.1 Å². The van der Waals surface area contributed by atoms with E-state index in [9.17, 15) is 18.1 Å². The number of nitrogens with zero attached hydrogens (tertiary/aromatic N) is 6. The number of nitrogens with one attached hydrogen (secondary N) is 1. The molecule has 292 valence electrons. The van der Waals surface area contributed by atoms with Gasteiger partial charge in [0, 0.05) is 28.9 Å². The number of anilines is 2. The summed E-state index contributed by atoms with van der Waals surface area (Å²) in [6.07, 6.45) is 0.722. The minimum absolute atomic E-state index is 0.0285. The molecule has 0 bridgehead atoms. The van der Waals surface area contributed by atoms with Crippen LogP contribution in [0, 0.1) is 20.8 Å². The van der Waals surface area contributed by atoms with Crippen molar-refractivity contribution in [3.8, 4) is 23.0 Å².